The molecule has 1 unspecified atom stereocenters. The summed E-state index contributed by atoms with van der Waals surface area (Å²) >= 11 is 0. The molecule has 0 radical (unpaired) electrons. The molecule has 0 aliphatic carbocycles. The van der Waals surface area contributed by atoms with Crippen molar-refractivity contribution in [3.8, 4) is 0 Å². The minimum atomic E-state index is -0.235. The molecule has 0 aromatic carbocycles. The van der Waals surface area contributed by atoms with Crippen molar-refractivity contribution in [2.75, 3.05) is 26.7 Å². The van der Waals surface area contributed by atoms with Gasteiger partial charge >= 0.3 is 0 Å². The standard InChI is InChI=1S/C12H24N2O2/c1-10(15)11-5-8-14(9-6-11)12(16)4-3-7-13-2/h10-11,13,15H,3-9H2,1-2H3. The molecule has 0 aromatic rings. The van der Waals surface area contributed by atoms with Crippen molar-refractivity contribution in [1.82, 2.24) is 10.2 Å². The van der Waals surface area contributed by atoms with E-state index in [1.165, 1.54) is 0 Å². The van der Waals surface area contributed by atoms with Crippen molar-refractivity contribution >= 4 is 5.91 Å². The second-order valence-corrected chi connectivity index (χ2v) is 4.67. The highest BCUT2D eigenvalue weighted by molar-refractivity contribution is 5.76. The number of nitrogens with one attached hydrogen (secondary N) is 1. The van der Waals surface area contributed by atoms with E-state index in [4.69, 9.17) is 0 Å². The van der Waals surface area contributed by atoms with Crippen LogP contribution in [0.4, 0.5) is 0 Å². The zero-order valence-corrected chi connectivity index (χ0v) is 10.4. The molecule has 1 heterocycles. The van der Waals surface area contributed by atoms with Crippen molar-refractivity contribution in [3.05, 3.63) is 0 Å². The topological polar surface area (TPSA) is 52.6 Å². The molecule has 94 valence electrons. The maximum atomic E-state index is 11.8. The lowest BCUT2D eigenvalue weighted by Crippen LogP contribution is -2.40. The first-order chi connectivity index (χ1) is 7.65. The van der Waals surface area contributed by atoms with Gasteiger partial charge in [-0.25, -0.2) is 0 Å². The van der Waals surface area contributed by atoms with Gasteiger partial charge in [0.15, 0.2) is 0 Å². The largest absolute Gasteiger partial charge is 0.393 e. The molecule has 1 aliphatic rings. The molecule has 0 aromatic heterocycles. The van der Waals surface area contributed by atoms with Crippen molar-refractivity contribution in [1.29, 1.82) is 0 Å². The Morgan fingerprint density at radius 2 is 2.12 bits per heavy atom. The van der Waals surface area contributed by atoms with Crippen molar-refractivity contribution in [2.45, 2.75) is 38.7 Å². The molecule has 0 bridgehead atoms. The first kappa shape index (κ1) is 13.5. The van der Waals surface area contributed by atoms with Crippen LogP contribution in [0.5, 0.6) is 0 Å². The van der Waals surface area contributed by atoms with Gasteiger partial charge in [-0.2, -0.15) is 0 Å². The molecule has 0 saturated carbocycles. The lowest BCUT2D eigenvalue weighted by molar-refractivity contribution is -0.133. The molecular formula is C12H24N2O2. The number of aliphatic hydroxyl groups is 1. The van der Waals surface area contributed by atoms with Gasteiger partial charge in [0.05, 0.1) is 6.10 Å². The van der Waals surface area contributed by atoms with Crippen LogP contribution in [0.1, 0.15) is 32.6 Å². The Balaban J connectivity index is 2.22. The fraction of sp³-hybridized carbons (Fsp3) is 0.917. The van der Waals surface area contributed by atoms with E-state index in [9.17, 15) is 9.90 Å². The fourth-order valence-corrected chi connectivity index (χ4v) is 2.21. The van der Waals surface area contributed by atoms with Crippen LogP contribution in [-0.2, 0) is 4.79 Å². The number of amides is 1. The molecule has 1 aliphatic heterocycles. The Labute approximate surface area is 98.0 Å². The van der Waals surface area contributed by atoms with Gasteiger partial charge in [0, 0.05) is 19.5 Å². The Hall–Kier alpha value is -0.610. The number of hydrogen-bond acceptors (Lipinski definition) is 3. The second kappa shape index (κ2) is 6.86. The van der Waals surface area contributed by atoms with Crippen LogP contribution in [0.2, 0.25) is 0 Å². The maximum Gasteiger partial charge on any atom is 0.222 e. The molecule has 1 amide bonds. The molecule has 1 atom stereocenters. The summed E-state index contributed by atoms with van der Waals surface area (Å²) in [6.45, 7) is 4.37. The van der Waals surface area contributed by atoms with Crippen molar-refractivity contribution in [3.63, 3.8) is 0 Å². The summed E-state index contributed by atoms with van der Waals surface area (Å²) in [6.07, 6.45) is 3.19. The summed E-state index contributed by atoms with van der Waals surface area (Å²) in [5.74, 6) is 0.639. The number of piperidine rings is 1. The third kappa shape index (κ3) is 4.10. The highest BCUT2D eigenvalue weighted by atomic mass is 16.3. The minimum Gasteiger partial charge on any atom is -0.393 e. The molecule has 0 spiro atoms. The molecule has 2 N–H and O–H groups in total. The molecular weight excluding hydrogens is 204 g/mol. The van der Waals surface area contributed by atoms with E-state index in [1.807, 2.05) is 18.9 Å². The third-order valence-corrected chi connectivity index (χ3v) is 3.39. The van der Waals surface area contributed by atoms with Gasteiger partial charge < -0.3 is 15.3 Å². The smallest absolute Gasteiger partial charge is 0.222 e. The van der Waals surface area contributed by atoms with E-state index in [2.05, 4.69) is 5.32 Å². The Bertz CT molecular complexity index is 211. The van der Waals surface area contributed by atoms with Crippen LogP contribution >= 0.6 is 0 Å². The number of nitrogens with zero attached hydrogens (tertiary/aromatic N) is 1. The first-order valence-corrected chi connectivity index (χ1v) is 6.25. The van der Waals surface area contributed by atoms with Crippen LogP contribution in [0, 0.1) is 5.92 Å². The van der Waals surface area contributed by atoms with Crippen molar-refractivity contribution < 1.29 is 9.90 Å². The summed E-state index contributed by atoms with van der Waals surface area (Å²) in [5, 5.41) is 12.5. The van der Waals surface area contributed by atoms with Gasteiger partial charge in [0.2, 0.25) is 5.91 Å². The Morgan fingerprint density at radius 1 is 1.50 bits per heavy atom. The number of carbonyl (C=O) groups is 1. The number of carbonyl (C=O) groups excluding carboxylic acids is 1. The average molecular weight is 228 g/mol. The molecule has 4 nitrogen and oxygen atoms in total. The zero-order valence-electron chi connectivity index (χ0n) is 10.4. The minimum absolute atomic E-state index is 0.235. The van der Waals surface area contributed by atoms with E-state index in [0.29, 0.717) is 12.3 Å². The van der Waals surface area contributed by atoms with E-state index in [1.54, 1.807) is 0 Å². The van der Waals surface area contributed by atoms with Crippen LogP contribution in [0.3, 0.4) is 0 Å². The van der Waals surface area contributed by atoms with E-state index in [0.717, 1.165) is 38.9 Å². The van der Waals surface area contributed by atoms with Crippen molar-refractivity contribution in [2.24, 2.45) is 5.92 Å². The quantitative estimate of drug-likeness (QED) is 0.678. The molecule has 4 heteroatoms. The monoisotopic (exact) mass is 228 g/mol. The van der Waals surface area contributed by atoms with E-state index in [-0.39, 0.29) is 12.0 Å². The predicted octanol–water partition coefficient (Wildman–Crippen LogP) is 0.605. The van der Waals surface area contributed by atoms with E-state index >= 15 is 0 Å². The van der Waals surface area contributed by atoms with Gasteiger partial charge in [-0.3, -0.25) is 4.79 Å². The average Bonchev–Trinajstić information content (AvgIpc) is 2.29. The normalized spacial score (nSPS) is 19.8. The first-order valence-electron chi connectivity index (χ1n) is 6.25. The number of likely N-dealkylation sites (tertiary alicyclic amines) is 1. The Kier molecular flexibility index (Phi) is 5.77. The van der Waals surface area contributed by atoms with Crippen LogP contribution in [0.15, 0.2) is 0 Å². The molecule has 16 heavy (non-hydrogen) atoms. The zero-order chi connectivity index (χ0) is 12.0. The maximum absolute atomic E-state index is 11.8. The highest BCUT2D eigenvalue weighted by Crippen LogP contribution is 2.20. The molecule has 1 fully saturated rings. The number of aliphatic hydroxyl groups excluding tert-OH is 1. The van der Waals surface area contributed by atoms with Gasteiger partial charge in [0.1, 0.15) is 0 Å². The third-order valence-electron chi connectivity index (χ3n) is 3.39. The van der Waals surface area contributed by atoms with Gasteiger partial charge in [-0.05, 0) is 45.7 Å². The van der Waals surface area contributed by atoms with Crippen LogP contribution in [0.25, 0.3) is 0 Å². The van der Waals surface area contributed by atoms with Gasteiger partial charge in [0.25, 0.3) is 0 Å². The number of rotatable bonds is 5. The summed E-state index contributed by atoms with van der Waals surface area (Å²) in [7, 11) is 1.90. The number of hydrogen-bond donors (Lipinski definition) is 2. The SMILES string of the molecule is CNCCCC(=O)N1CCC(C(C)O)CC1. The highest BCUT2D eigenvalue weighted by Gasteiger charge is 2.24. The summed E-state index contributed by atoms with van der Waals surface area (Å²) < 4.78 is 0. The van der Waals surface area contributed by atoms with Gasteiger partial charge in [-0.1, -0.05) is 0 Å². The fourth-order valence-electron chi connectivity index (χ4n) is 2.21. The second-order valence-electron chi connectivity index (χ2n) is 4.67. The van der Waals surface area contributed by atoms with Crippen LogP contribution < -0.4 is 5.32 Å². The lowest BCUT2D eigenvalue weighted by Gasteiger charge is -2.33. The predicted molar refractivity (Wildman–Crippen MR) is 64.1 cm³/mol. The molecule has 1 rings (SSSR count). The molecule has 1 saturated heterocycles. The summed E-state index contributed by atoms with van der Waals surface area (Å²) in [5.41, 5.74) is 0. The van der Waals surface area contributed by atoms with Gasteiger partial charge in [-0.15, -0.1) is 0 Å². The van der Waals surface area contributed by atoms with Crippen LogP contribution in [-0.4, -0.2) is 48.7 Å². The Morgan fingerprint density at radius 3 is 2.62 bits per heavy atom. The summed E-state index contributed by atoms with van der Waals surface area (Å²) in [4.78, 5) is 13.7. The van der Waals surface area contributed by atoms with E-state index < -0.39 is 0 Å². The lowest BCUT2D eigenvalue weighted by atomic mass is 9.92. The summed E-state index contributed by atoms with van der Waals surface area (Å²) in [6, 6.07) is 0.